The molecule has 7 nitrogen and oxygen atoms in total. The Bertz CT molecular complexity index is 1340. The quantitative estimate of drug-likeness (QED) is 0.278. The lowest BCUT2D eigenvalue weighted by Gasteiger charge is -2.25. The molecular formula is C26H25F3NO6PS. The molecule has 1 aliphatic carbocycles. The van der Waals surface area contributed by atoms with Gasteiger partial charge in [-0.1, -0.05) is 48.2 Å². The number of benzene rings is 3. The number of carbonyl (C=O) groups is 1. The minimum absolute atomic E-state index is 0.00840. The van der Waals surface area contributed by atoms with E-state index in [1.807, 2.05) is 30.3 Å². The van der Waals surface area contributed by atoms with Gasteiger partial charge in [0.25, 0.3) is 0 Å². The molecular weight excluding hydrogens is 542 g/mol. The number of halogens is 3. The van der Waals surface area contributed by atoms with Crippen molar-refractivity contribution in [2.45, 2.75) is 35.4 Å². The number of hydrogen-bond acceptors (Lipinski definition) is 5. The monoisotopic (exact) mass is 567 g/mol. The number of amides is 1. The standard InChI is InChI=1S/C26H25F3NO6PS/c1-30(24(31)25(12-13-25)17-36-37(32,33)34)19-10-11-23(22(14-19)26(27,28)29)38-21-9-5-8-20(15-21)35-16-18-6-3-2-4-7-18/h2-11,14-15H,12-13,16-17H2,1H3,(H2,32,33,34). The van der Waals surface area contributed by atoms with Gasteiger partial charge in [-0.3, -0.25) is 9.32 Å². The second-order valence-electron chi connectivity index (χ2n) is 8.94. The van der Waals surface area contributed by atoms with E-state index in [1.165, 1.54) is 19.2 Å². The van der Waals surface area contributed by atoms with Crippen LogP contribution in [0.25, 0.3) is 0 Å². The Morgan fingerprint density at radius 3 is 2.39 bits per heavy atom. The third-order valence-electron chi connectivity index (χ3n) is 6.06. The maximum Gasteiger partial charge on any atom is 0.469 e. The number of anilines is 1. The Kier molecular flexibility index (Phi) is 8.25. The van der Waals surface area contributed by atoms with E-state index in [1.54, 1.807) is 24.3 Å². The van der Waals surface area contributed by atoms with E-state index in [4.69, 9.17) is 14.5 Å². The van der Waals surface area contributed by atoms with Gasteiger partial charge in [0.05, 0.1) is 17.6 Å². The Hall–Kier alpha value is -2.82. The number of ether oxygens (including phenoxy) is 1. The van der Waals surface area contributed by atoms with Crippen LogP contribution in [0.3, 0.4) is 0 Å². The lowest BCUT2D eigenvalue weighted by molar-refractivity contribution is -0.139. The second-order valence-corrected chi connectivity index (χ2v) is 11.3. The summed E-state index contributed by atoms with van der Waals surface area (Å²) in [4.78, 5) is 32.4. The second kappa shape index (κ2) is 11.1. The summed E-state index contributed by atoms with van der Waals surface area (Å²) in [5, 5.41) is 0. The molecule has 0 spiro atoms. The number of hydrogen-bond donors (Lipinski definition) is 2. The van der Waals surface area contributed by atoms with Crippen LogP contribution < -0.4 is 9.64 Å². The zero-order valence-electron chi connectivity index (χ0n) is 20.2. The van der Waals surface area contributed by atoms with Crippen molar-refractivity contribution in [3.63, 3.8) is 0 Å². The number of nitrogens with zero attached hydrogens (tertiary/aromatic N) is 1. The summed E-state index contributed by atoms with van der Waals surface area (Å²) >= 11 is 0.924. The van der Waals surface area contributed by atoms with Gasteiger partial charge < -0.3 is 19.4 Å². The third kappa shape index (κ3) is 7.18. The van der Waals surface area contributed by atoms with Crippen molar-refractivity contribution in [1.29, 1.82) is 0 Å². The highest BCUT2D eigenvalue weighted by Gasteiger charge is 2.53. The van der Waals surface area contributed by atoms with Gasteiger partial charge >= 0.3 is 14.0 Å². The van der Waals surface area contributed by atoms with Crippen LogP contribution in [0.5, 0.6) is 5.75 Å². The molecule has 1 saturated carbocycles. The van der Waals surface area contributed by atoms with Gasteiger partial charge in [-0.25, -0.2) is 4.57 Å². The Morgan fingerprint density at radius 1 is 1.05 bits per heavy atom. The van der Waals surface area contributed by atoms with Crippen LogP contribution in [-0.4, -0.2) is 29.3 Å². The van der Waals surface area contributed by atoms with Crippen molar-refractivity contribution < 1.29 is 41.6 Å². The highest BCUT2D eigenvalue weighted by molar-refractivity contribution is 7.99. The van der Waals surface area contributed by atoms with Crippen LogP contribution in [0, 0.1) is 5.41 Å². The highest BCUT2D eigenvalue weighted by Crippen LogP contribution is 2.51. The molecule has 202 valence electrons. The summed E-state index contributed by atoms with van der Waals surface area (Å²) < 4.78 is 63.4. The van der Waals surface area contributed by atoms with E-state index in [0.717, 1.165) is 28.3 Å². The molecule has 1 amide bonds. The molecule has 0 atom stereocenters. The molecule has 38 heavy (non-hydrogen) atoms. The number of phosphoric acid groups is 1. The molecule has 3 aromatic carbocycles. The Labute approximate surface area is 221 Å². The summed E-state index contributed by atoms with van der Waals surface area (Å²) in [6.07, 6.45) is -4.05. The largest absolute Gasteiger partial charge is 0.489 e. The lowest BCUT2D eigenvalue weighted by Crippen LogP contribution is -2.36. The van der Waals surface area contributed by atoms with Crippen LogP contribution in [0.4, 0.5) is 18.9 Å². The van der Waals surface area contributed by atoms with Crippen molar-refractivity contribution in [3.8, 4) is 5.75 Å². The van der Waals surface area contributed by atoms with Gasteiger partial charge in [-0.15, -0.1) is 0 Å². The van der Waals surface area contributed by atoms with Gasteiger partial charge in [0.2, 0.25) is 5.91 Å². The van der Waals surface area contributed by atoms with E-state index in [0.29, 0.717) is 30.1 Å². The van der Waals surface area contributed by atoms with Crippen LogP contribution >= 0.6 is 19.6 Å². The minimum Gasteiger partial charge on any atom is -0.489 e. The van der Waals surface area contributed by atoms with Crippen LogP contribution in [0.1, 0.15) is 24.0 Å². The maximum atomic E-state index is 14.0. The summed E-state index contributed by atoms with van der Waals surface area (Å²) in [6.45, 7) is -0.193. The van der Waals surface area contributed by atoms with E-state index in [2.05, 4.69) is 4.52 Å². The van der Waals surface area contributed by atoms with Crippen molar-refractivity contribution >= 4 is 31.2 Å². The normalized spacial score (nSPS) is 14.7. The predicted molar refractivity (Wildman–Crippen MR) is 136 cm³/mol. The van der Waals surface area contributed by atoms with E-state index in [9.17, 15) is 22.5 Å². The number of phosphoric ester groups is 1. The van der Waals surface area contributed by atoms with E-state index in [-0.39, 0.29) is 10.6 Å². The molecule has 0 heterocycles. The topological polar surface area (TPSA) is 96.3 Å². The molecule has 2 N–H and O–H groups in total. The number of rotatable bonds is 10. The SMILES string of the molecule is CN(C(=O)C1(COP(=O)(O)O)CC1)c1ccc(Sc2cccc(OCc3ccccc3)c2)c(C(F)(F)F)c1. The zero-order valence-corrected chi connectivity index (χ0v) is 21.9. The van der Waals surface area contributed by atoms with Crippen molar-refractivity contribution in [2.75, 3.05) is 18.6 Å². The fourth-order valence-electron chi connectivity index (χ4n) is 3.78. The molecule has 0 bridgehead atoms. The van der Waals surface area contributed by atoms with Gasteiger partial charge in [0.15, 0.2) is 0 Å². The first-order valence-corrected chi connectivity index (χ1v) is 13.9. The average Bonchev–Trinajstić information content (AvgIpc) is 3.67. The van der Waals surface area contributed by atoms with Crippen molar-refractivity contribution in [3.05, 3.63) is 83.9 Å². The highest BCUT2D eigenvalue weighted by atomic mass is 32.2. The van der Waals surface area contributed by atoms with Crippen LogP contribution in [0.15, 0.2) is 82.6 Å². The first kappa shape index (κ1) is 28.2. The summed E-state index contributed by atoms with van der Waals surface area (Å²) in [5.41, 5.74) is -1.11. The molecule has 0 saturated heterocycles. The molecule has 0 unspecified atom stereocenters. The molecule has 4 rings (SSSR count). The Morgan fingerprint density at radius 2 is 1.76 bits per heavy atom. The summed E-state index contributed by atoms with van der Waals surface area (Å²) in [7, 11) is -3.46. The summed E-state index contributed by atoms with van der Waals surface area (Å²) in [6, 6.07) is 19.9. The number of alkyl halides is 3. The van der Waals surface area contributed by atoms with Gasteiger partial charge in [-0.05, 0) is 54.8 Å². The van der Waals surface area contributed by atoms with E-state index < -0.39 is 37.5 Å². The van der Waals surface area contributed by atoms with Gasteiger partial charge in [0.1, 0.15) is 12.4 Å². The fraction of sp³-hybridized carbons (Fsp3) is 0.269. The van der Waals surface area contributed by atoms with Crippen LogP contribution in [0.2, 0.25) is 0 Å². The fourth-order valence-corrected chi connectivity index (χ4v) is 5.20. The molecule has 3 aromatic rings. The first-order chi connectivity index (χ1) is 17.9. The van der Waals surface area contributed by atoms with Crippen molar-refractivity contribution in [2.24, 2.45) is 5.41 Å². The average molecular weight is 568 g/mol. The summed E-state index contributed by atoms with van der Waals surface area (Å²) in [5.74, 6) is -0.0515. The molecule has 12 heteroatoms. The third-order valence-corrected chi connectivity index (χ3v) is 7.59. The zero-order chi connectivity index (χ0) is 27.6. The smallest absolute Gasteiger partial charge is 0.469 e. The molecule has 1 aliphatic rings. The first-order valence-electron chi connectivity index (χ1n) is 11.5. The number of carbonyl (C=O) groups excluding carboxylic acids is 1. The lowest BCUT2D eigenvalue weighted by atomic mass is 10.1. The molecule has 0 aromatic heterocycles. The van der Waals surface area contributed by atoms with Gasteiger partial charge in [0, 0.05) is 22.5 Å². The van der Waals surface area contributed by atoms with Gasteiger partial charge in [-0.2, -0.15) is 13.2 Å². The maximum absolute atomic E-state index is 14.0. The predicted octanol–water partition coefficient (Wildman–Crippen LogP) is 6.29. The van der Waals surface area contributed by atoms with E-state index >= 15 is 0 Å². The Balaban J connectivity index is 1.51. The molecule has 0 aliphatic heterocycles. The minimum atomic E-state index is -4.79. The molecule has 0 radical (unpaired) electrons. The van der Waals surface area contributed by atoms with Crippen molar-refractivity contribution in [1.82, 2.24) is 0 Å². The molecule has 1 fully saturated rings. The van der Waals surface area contributed by atoms with Crippen LogP contribution in [-0.2, 0) is 26.7 Å².